The molecule has 3 N–H and O–H groups in total. The van der Waals surface area contributed by atoms with Crippen molar-refractivity contribution in [1.29, 1.82) is 0 Å². The molecular weight excluding hydrogens is 578 g/mol. The standard InChI is InChI=1S/C30H32F2N6O4S/c1-37-8-10-38(11-9-37)22-2-4-25(28(17-22)33-21-6-12-42-13-7-21)30(39)34-29-26-18-23(3-5-27(26)35-36-29)43(40,41)24-15-19(31)14-20(32)16-24/h2-5,14-18,21,33H,6-13H2,1H3,(H2,34,35,36,39). The number of carbonyl (C=O) groups is 1. The molecule has 0 saturated carbocycles. The maximum absolute atomic E-state index is 13.8. The van der Waals surface area contributed by atoms with Crippen molar-refractivity contribution >= 4 is 43.8 Å². The van der Waals surface area contributed by atoms with E-state index in [-0.39, 0.29) is 16.8 Å². The van der Waals surface area contributed by atoms with Crippen LogP contribution in [0.3, 0.4) is 0 Å². The highest BCUT2D eigenvalue weighted by Crippen LogP contribution is 2.31. The summed E-state index contributed by atoms with van der Waals surface area (Å²) in [6.07, 6.45) is 1.63. The Balaban J connectivity index is 1.30. The Kier molecular flexibility index (Phi) is 8.03. The summed E-state index contributed by atoms with van der Waals surface area (Å²) in [6, 6.07) is 12.1. The first-order valence-electron chi connectivity index (χ1n) is 14.1. The molecule has 1 aromatic heterocycles. The molecule has 10 nitrogen and oxygen atoms in total. The molecule has 1 amide bonds. The highest BCUT2D eigenvalue weighted by atomic mass is 32.2. The second kappa shape index (κ2) is 11.9. The van der Waals surface area contributed by atoms with Gasteiger partial charge in [-0.25, -0.2) is 17.2 Å². The van der Waals surface area contributed by atoms with E-state index >= 15 is 0 Å². The van der Waals surface area contributed by atoms with Gasteiger partial charge >= 0.3 is 0 Å². The average Bonchev–Trinajstić information content (AvgIpc) is 3.39. The van der Waals surface area contributed by atoms with Crippen LogP contribution < -0.4 is 15.5 Å². The molecule has 3 heterocycles. The summed E-state index contributed by atoms with van der Waals surface area (Å²) < 4.78 is 59.5. The number of benzene rings is 3. The van der Waals surface area contributed by atoms with Gasteiger partial charge in [-0.2, -0.15) is 5.10 Å². The zero-order valence-electron chi connectivity index (χ0n) is 23.6. The minimum Gasteiger partial charge on any atom is -0.381 e. The molecule has 226 valence electrons. The minimum absolute atomic E-state index is 0.127. The van der Waals surface area contributed by atoms with Crippen molar-refractivity contribution in [3.8, 4) is 0 Å². The molecule has 4 aromatic rings. The van der Waals surface area contributed by atoms with Gasteiger partial charge in [0.1, 0.15) is 11.6 Å². The number of rotatable bonds is 7. The Morgan fingerprint density at radius 2 is 1.67 bits per heavy atom. The molecule has 43 heavy (non-hydrogen) atoms. The topological polar surface area (TPSA) is 120 Å². The molecule has 0 radical (unpaired) electrons. The van der Waals surface area contributed by atoms with E-state index in [9.17, 15) is 22.0 Å². The van der Waals surface area contributed by atoms with E-state index in [1.807, 2.05) is 12.1 Å². The number of hydrogen-bond acceptors (Lipinski definition) is 8. The predicted octanol–water partition coefficient (Wildman–Crippen LogP) is 4.27. The fraction of sp³-hybridized carbons (Fsp3) is 0.333. The summed E-state index contributed by atoms with van der Waals surface area (Å²) in [5, 5.41) is 13.7. The number of anilines is 3. The van der Waals surface area contributed by atoms with Gasteiger partial charge in [0.2, 0.25) is 9.84 Å². The van der Waals surface area contributed by atoms with Crippen molar-refractivity contribution in [3.05, 3.63) is 71.8 Å². The number of halogens is 2. The summed E-state index contributed by atoms with van der Waals surface area (Å²) in [4.78, 5) is 17.5. The molecule has 0 bridgehead atoms. The highest BCUT2D eigenvalue weighted by Gasteiger charge is 2.24. The number of ether oxygens (including phenoxy) is 1. The normalized spacial score (nSPS) is 16.9. The number of aromatic nitrogens is 2. The van der Waals surface area contributed by atoms with Crippen molar-refractivity contribution in [1.82, 2.24) is 15.1 Å². The molecule has 13 heteroatoms. The van der Waals surface area contributed by atoms with E-state index in [2.05, 4.69) is 37.7 Å². The summed E-state index contributed by atoms with van der Waals surface area (Å²) in [5.41, 5.74) is 2.61. The lowest BCUT2D eigenvalue weighted by molar-refractivity contribution is 0.0904. The largest absolute Gasteiger partial charge is 0.381 e. The number of carbonyl (C=O) groups excluding carboxylic acids is 1. The second-order valence-electron chi connectivity index (χ2n) is 10.9. The number of sulfone groups is 1. The molecule has 0 aliphatic carbocycles. The van der Waals surface area contributed by atoms with Gasteiger partial charge in [0.25, 0.3) is 5.91 Å². The van der Waals surface area contributed by atoms with E-state index in [0.29, 0.717) is 41.4 Å². The molecule has 3 aromatic carbocycles. The molecule has 2 saturated heterocycles. The van der Waals surface area contributed by atoms with Crippen molar-refractivity contribution in [2.45, 2.75) is 28.7 Å². The summed E-state index contributed by atoms with van der Waals surface area (Å²) >= 11 is 0. The number of H-pyrrole nitrogens is 1. The molecule has 2 aliphatic heterocycles. The van der Waals surface area contributed by atoms with Gasteiger partial charge in [0, 0.05) is 68.3 Å². The zero-order valence-corrected chi connectivity index (χ0v) is 24.4. The first-order chi connectivity index (χ1) is 20.7. The number of hydrogen-bond donors (Lipinski definition) is 3. The maximum atomic E-state index is 13.8. The van der Waals surface area contributed by atoms with Gasteiger partial charge in [-0.15, -0.1) is 0 Å². The number of likely N-dealkylation sites (N-methyl/N-ethyl adjacent to an activating group) is 1. The second-order valence-corrected chi connectivity index (χ2v) is 12.8. The fourth-order valence-electron chi connectivity index (χ4n) is 5.42. The zero-order chi connectivity index (χ0) is 30.1. The van der Waals surface area contributed by atoms with Crippen LogP contribution in [0.2, 0.25) is 0 Å². The summed E-state index contributed by atoms with van der Waals surface area (Å²) in [5.74, 6) is -2.30. The fourth-order valence-corrected chi connectivity index (χ4v) is 6.75. The third-order valence-electron chi connectivity index (χ3n) is 7.92. The number of amides is 1. The Hall–Kier alpha value is -4.07. The third-order valence-corrected chi connectivity index (χ3v) is 9.65. The molecular formula is C30H32F2N6O4S. The van der Waals surface area contributed by atoms with Crippen LogP contribution in [-0.4, -0.2) is 81.9 Å². The van der Waals surface area contributed by atoms with Crippen LogP contribution >= 0.6 is 0 Å². The van der Waals surface area contributed by atoms with Crippen molar-refractivity contribution in [3.63, 3.8) is 0 Å². The smallest absolute Gasteiger partial charge is 0.258 e. The van der Waals surface area contributed by atoms with Crippen LogP contribution in [0.1, 0.15) is 23.2 Å². The lowest BCUT2D eigenvalue weighted by Crippen LogP contribution is -2.44. The Bertz CT molecular complexity index is 1750. The molecule has 0 atom stereocenters. The van der Waals surface area contributed by atoms with Crippen LogP contribution in [0, 0.1) is 11.6 Å². The average molecular weight is 611 g/mol. The number of nitrogens with one attached hydrogen (secondary N) is 3. The van der Waals surface area contributed by atoms with Gasteiger partial charge < -0.3 is 25.2 Å². The number of piperazine rings is 1. The van der Waals surface area contributed by atoms with Gasteiger partial charge in [-0.05, 0) is 68.4 Å². The highest BCUT2D eigenvalue weighted by molar-refractivity contribution is 7.91. The van der Waals surface area contributed by atoms with Crippen LogP contribution in [0.4, 0.5) is 26.0 Å². The number of fused-ring (bicyclic) bond motifs is 1. The SMILES string of the molecule is CN1CCN(c2ccc(C(=O)Nc3n[nH]c4ccc(S(=O)(=O)c5cc(F)cc(F)c5)cc34)c(NC3CCOCC3)c2)CC1. The van der Waals surface area contributed by atoms with Crippen molar-refractivity contribution in [2.24, 2.45) is 0 Å². The van der Waals surface area contributed by atoms with Crippen LogP contribution in [0.15, 0.2) is 64.4 Å². The molecule has 2 aliphatic rings. The van der Waals surface area contributed by atoms with Crippen molar-refractivity contribution in [2.75, 3.05) is 62.0 Å². The molecule has 6 rings (SSSR count). The van der Waals surface area contributed by atoms with Crippen LogP contribution in [0.25, 0.3) is 10.9 Å². The first kappa shape index (κ1) is 29.0. The molecule has 2 fully saturated rings. The molecule has 0 spiro atoms. The van der Waals surface area contributed by atoms with Crippen LogP contribution in [-0.2, 0) is 14.6 Å². The summed E-state index contributed by atoms with van der Waals surface area (Å²) in [6.45, 7) is 4.94. The van der Waals surface area contributed by atoms with Gasteiger partial charge in [-0.3, -0.25) is 9.89 Å². The Labute approximate surface area is 247 Å². The first-order valence-corrected chi connectivity index (χ1v) is 15.6. The van der Waals surface area contributed by atoms with E-state index < -0.39 is 32.3 Å². The van der Waals surface area contributed by atoms with Gasteiger partial charge in [0.15, 0.2) is 5.82 Å². The van der Waals surface area contributed by atoms with Crippen molar-refractivity contribution < 1.29 is 26.7 Å². The van der Waals surface area contributed by atoms with Crippen LogP contribution in [0.5, 0.6) is 0 Å². The lowest BCUT2D eigenvalue weighted by atomic mass is 10.1. The number of aromatic amines is 1. The summed E-state index contributed by atoms with van der Waals surface area (Å²) in [7, 11) is -2.16. The lowest BCUT2D eigenvalue weighted by Gasteiger charge is -2.34. The van der Waals surface area contributed by atoms with E-state index in [1.165, 1.54) is 18.2 Å². The predicted molar refractivity (Wildman–Crippen MR) is 159 cm³/mol. The van der Waals surface area contributed by atoms with E-state index in [1.54, 1.807) is 6.07 Å². The van der Waals surface area contributed by atoms with E-state index in [4.69, 9.17) is 4.74 Å². The third kappa shape index (κ3) is 6.19. The maximum Gasteiger partial charge on any atom is 0.258 e. The quantitative estimate of drug-likeness (QED) is 0.284. The Morgan fingerprint density at radius 1 is 0.953 bits per heavy atom. The van der Waals surface area contributed by atoms with E-state index in [0.717, 1.165) is 56.8 Å². The van der Waals surface area contributed by atoms with Gasteiger partial charge in [0.05, 0.1) is 20.9 Å². The van der Waals surface area contributed by atoms with Gasteiger partial charge in [-0.1, -0.05) is 0 Å². The number of nitrogens with zero attached hydrogens (tertiary/aromatic N) is 3. The Morgan fingerprint density at radius 3 is 2.40 bits per heavy atom. The molecule has 0 unspecified atom stereocenters. The minimum atomic E-state index is -4.26. The monoisotopic (exact) mass is 610 g/mol.